The molecule has 3 N–H and O–H groups in total. The molecular formula is C37H70N2O5. The van der Waals surface area contributed by atoms with Crippen LogP contribution in [0.25, 0.3) is 0 Å². The number of carboxylic acid groups (broad SMARTS) is 1. The largest absolute Gasteiger partial charge is 0.480 e. The van der Waals surface area contributed by atoms with Gasteiger partial charge in [-0.1, -0.05) is 168 Å². The van der Waals surface area contributed by atoms with E-state index in [1.165, 1.54) is 116 Å². The molecule has 0 aliphatic carbocycles. The van der Waals surface area contributed by atoms with Gasteiger partial charge in [0.2, 0.25) is 17.7 Å². The molecule has 44 heavy (non-hydrogen) atoms. The molecule has 0 radical (unpaired) electrons. The summed E-state index contributed by atoms with van der Waals surface area (Å²) < 4.78 is 0. The van der Waals surface area contributed by atoms with Crippen LogP contribution < -0.4 is 5.73 Å². The van der Waals surface area contributed by atoms with Crippen molar-refractivity contribution in [3.63, 3.8) is 0 Å². The third kappa shape index (κ3) is 25.4. The van der Waals surface area contributed by atoms with Crippen molar-refractivity contribution in [3.05, 3.63) is 0 Å². The number of hydrogen-bond acceptors (Lipinski definition) is 4. The second-order valence-electron chi connectivity index (χ2n) is 13.0. The minimum Gasteiger partial charge on any atom is -0.480 e. The van der Waals surface area contributed by atoms with Crippen molar-refractivity contribution in [1.82, 2.24) is 4.90 Å². The van der Waals surface area contributed by atoms with Crippen molar-refractivity contribution < 1.29 is 24.3 Å². The van der Waals surface area contributed by atoms with Gasteiger partial charge in [-0.2, -0.15) is 0 Å². The summed E-state index contributed by atoms with van der Waals surface area (Å²) in [6, 6.07) is -1.34. The molecule has 0 unspecified atom stereocenters. The standard InChI is InChI=1S/C37H70N2O5/c1-3-5-7-9-11-13-15-17-19-21-23-25-27-29-35(41)39(33(37(43)44)31-32-34(38)40)36(42)30-28-26-24-22-20-18-16-14-12-10-8-6-4-2/h33H,3-32H2,1-2H3,(H2,38,40)(H,43,44)/t33-/m0/s1. The number of rotatable bonds is 33. The van der Waals surface area contributed by atoms with Crippen LogP contribution in [-0.4, -0.2) is 39.7 Å². The number of amides is 3. The number of carboxylic acids is 1. The van der Waals surface area contributed by atoms with Gasteiger partial charge in [0.15, 0.2) is 0 Å². The van der Waals surface area contributed by atoms with Crippen LogP contribution in [0.2, 0.25) is 0 Å². The first-order chi connectivity index (χ1) is 21.3. The van der Waals surface area contributed by atoms with Crippen molar-refractivity contribution in [2.45, 2.75) is 213 Å². The molecule has 0 rings (SSSR count). The van der Waals surface area contributed by atoms with Crippen molar-refractivity contribution in [2.24, 2.45) is 5.73 Å². The highest BCUT2D eigenvalue weighted by Gasteiger charge is 2.34. The first-order valence-corrected chi connectivity index (χ1v) is 18.7. The summed E-state index contributed by atoms with van der Waals surface area (Å²) in [5, 5.41) is 9.82. The van der Waals surface area contributed by atoms with Gasteiger partial charge in [0.1, 0.15) is 6.04 Å². The van der Waals surface area contributed by atoms with E-state index in [1.54, 1.807) is 0 Å². The van der Waals surface area contributed by atoms with E-state index in [1.807, 2.05) is 0 Å². The molecular weight excluding hydrogens is 552 g/mol. The Bertz CT molecular complexity index is 685. The summed E-state index contributed by atoms with van der Waals surface area (Å²) in [6.07, 6.45) is 31.0. The van der Waals surface area contributed by atoms with Crippen LogP contribution in [0.5, 0.6) is 0 Å². The first kappa shape index (κ1) is 42.1. The molecule has 0 fully saturated rings. The SMILES string of the molecule is CCCCCCCCCCCCCCCC(=O)N(C(=O)CCCCCCCCCCCCCCC)[C@@H](CCC(N)=O)C(=O)O. The predicted octanol–water partition coefficient (Wildman–Crippen LogP) is 10.0. The molecule has 0 aliphatic rings. The summed E-state index contributed by atoms with van der Waals surface area (Å²) in [5.41, 5.74) is 5.25. The lowest BCUT2D eigenvalue weighted by Gasteiger charge is -2.27. The number of nitrogens with two attached hydrogens (primary N) is 1. The molecule has 0 spiro atoms. The second-order valence-corrected chi connectivity index (χ2v) is 13.0. The quantitative estimate of drug-likeness (QED) is 0.0706. The lowest BCUT2D eigenvalue weighted by Crippen LogP contribution is -2.49. The zero-order chi connectivity index (χ0) is 32.7. The molecule has 0 aromatic heterocycles. The van der Waals surface area contributed by atoms with E-state index in [0.29, 0.717) is 12.8 Å². The number of aliphatic carboxylic acids is 1. The Morgan fingerprint density at radius 3 is 1.00 bits per heavy atom. The maximum absolute atomic E-state index is 13.1. The van der Waals surface area contributed by atoms with Crippen LogP contribution in [0.15, 0.2) is 0 Å². The Labute approximate surface area is 270 Å². The molecule has 0 aromatic carbocycles. The number of nitrogens with zero attached hydrogens (tertiary/aromatic N) is 1. The molecule has 7 nitrogen and oxygen atoms in total. The number of carbonyl (C=O) groups is 4. The highest BCUT2D eigenvalue weighted by Crippen LogP contribution is 2.18. The number of unbranched alkanes of at least 4 members (excludes halogenated alkanes) is 24. The fraction of sp³-hybridized carbons (Fsp3) is 0.892. The normalized spacial score (nSPS) is 11.9. The van der Waals surface area contributed by atoms with Crippen LogP contribution in [0.1, 0.15) is 206 Å². The van der Waals surface area contributed by atoms with E-state index in [4.69, 9.17) is 5.73 Å². The van der Waals surface area contributed by atoms with Gasteiger partial charge in [-0.15, -0.1) is 0 Å². The molecule has 258 valence electrons. The van der Waals surface area contributed by atoms with E-state index in [-0.39, 0.29) is 25.7 Å². The summed E-state index contributed by atoms with van der Waals surface area (Å²) in [5.74, 6) is -2.78. The lowest BCUT2D eigenvalue weighted by molar-refractivity contribution is -0.158. The Morgan fingerprint density at radius 2 is 0.750 bits per heavy atom. The Balaban J connectivity index is 4.40. The van der Waals surface area contributed by atoms with Crippen molar-refractivity contribution in [1.29, 1.82) is 0 Å². The number of carbonyl (C=O) groups excluding carboxylic acids is 3. The Morgan fingerprint density at radius 1 is 0.477 bits per heavy atom. The molecule has 0 bridgehead atoms. The Hall–Kier alpha value is -1.92. The van der Waals surface area contributed by atoms with Gasteiger partial charge in [-0.05, 0) is 19.3 Å². The first-order valence-electron chi connectivity index (χ1n) is 18.7. The molecule has 0 aromatic rings. The molecule has 0 aliphatic heterocycles. The average molecular weight is 623 g/mol. The van der Waals surface area contributed by atoms with Crippen molar-refractivity contribution in [3.8, 4) is 0 Å². The van der Waals surface area contributed by atoms with Crippen LogP contribution in [0.4, 0.5) is 0 Å². The molecule has 7 heteroatoms. The summed E-state index contributed by atoms with van der Waals surface area (Å²) in [4.78, 5) is 50.6. The highest BCUT2D eigenvalue weighted by atomic mass is 16.4. The van der Waals surface area contributed by atoms with Gasteiger partial charge >= 0.3 is 5.97 Å². The maximum atomic E-state index is 13.1. The third-order valence-electron chi connectivity index (χ3n) is 8.79. The predicted molar refractivity (Wildman–Crippen MR) is 182 cm³/mol. The highest BCUT2D eigenvalue weighted by molar-refractivity contribution is 5.99. The summed E-state index contributed by atoms with van der Waals surface area (Å²) in [7, 11) is 0. The summed E-state index contributed by atoms with van der Waals surface area (Å²) in [6.45, 7) is 4.48. The van der Waals surface area contributed by atoms with E-state index in [9.17, 15) is 24.3 Å². The van der Waals surface area contributed by atoms with Gasteiger partial charge in [-0.25, -0.2) is 4.79 Å². The zero-order valence-corrected chi connectivity index (χ0v) is 28.9. The van der Waals surface area contributed by atoms with Crippen LogP contribution in [0, 0.1) is 0 Å². The molecule has 3 amide bonds. The topological polar surface area (TPSA) is 118 Å². The minimum atomic E-state index is -1.34. The molecule has 0 saturated heterocycles. The average Bonchev–Trinajstić information content (AvgIpc) is 2.99. The van der Waals surface area contributed by atoms with Gasteiger partial charge in [0, 0.05) is 19.3 Å². The summed E-state index contributed by atoms with van der Waals surface area (Å²) >= 11 is 0. The van der Waals surface area contributed by atoms with Crippen LogP contribution in [-0.2, 0) is 19.2 Å². The van der Waals surface area contributed by atoms with E-state index in [2.05, 4.69) is 13.8 Å². The fourth-order valence-corrected chi connectivity index (χ4v) is 5.96. The van der Waals surface area contributed by atoms with Gasteiger partial charge in [0.25, 0.3) is 0 Å². The van der Waals surface area contributed by atoms with Crippen molar-refractivity contribution >= 4 is 23.7 Å². The smallest absolute Gasteiger partial charge is 0.326 e. The number of imide groups is 1. The lowest BCUT2D eigenvalue weighted by atomic mass is 10.0. The van der Waals surface area contributed by atoms with E-state index in [0.717, 1.165) is 43.4 Å². The fourth-order valence-electron chi connectivity index (χ4n) is 5.96. The van der Waals surface area contributed by atoms with Crippen LogP contribution in [0.3, 0.4) is 0 Å². The van der Waals surface area contributed by atoms with Gasteiger partial charge in [-0.3, -0.25) is 19.3 Å². The Kier molecular flexibility index (Phi) is 29.7. The van der Waals surface area contributed by atoms with E-state index < -0.39 is 29.7 Å². The zero-order valence-electron chi connectivity index (χ0n) is 28.9. The van der Waals surface area contributed by atoms with E-state index >= 15 is 0 Å². The third-order valence-corrected chi connectivity index (χ3v) is 8.79. The molecule has 0 heterocycles. The van der Waals surface area contributed by atoms with Gasteiger partial charge in [0.05, 0.1) is 0 Å². The van der Waals surface area contributed by atoms with Gasteiger partial charge < -0.3 is 10.8 Å². The second kappa shape index (κ2) is 31.1. The maximum Gasteiger partial charge on any atom is 0.326 e. The minimum absolute atomic E-state index is 0.140. The van der Waals surface area contributed by atoms with Crippen LogP contribution >= 0.6 is 0 Å². The molecule has 0 saturated carbocycles. The monoisotopic (exact) mass is 623 g/mol. The molecule has 1 atom stereocenters. The number of primary amides is 1. The van der Waals surface area contributed by atoms with Crippen molar-refractivity contribution in [2.75, 3.05) is 0 Å². The number of hydrogen-bond donors (Lipinski definition) is 2.